The molecule has 0 unspecified atom stereocenters. The fraction of sp³-hybridized carbons (Fsp3) is 0.0909. The number of aromatic nitrogens is 2. The summed E-state index contributed by atoms with van der Waals surface area (Å²) in [5.41, 5.74) is 1.89. The van der Waals surface area contributed by atoms with E-state index in [4.69, 9.17) is 16.9 Å². The molecule has 2 rings (SSSR count). The molecular weight excluding hydrogens is 210 g/mol. The van der Waals surface area contributed by atoms with Crippen LogP contribution in [0.15, 0.2) is 36.5 Å². The Labute approximate surface area is 92.5 Å². The molecule has 74 valence electrons. The van der Waals surface area contributed by atoms with Gasteiger partial charge in [0, 0.05) is 0 Å². The van der Waals surface area contributed by atoms with Gasteiger partial charge in [-0.2, -0.15) is 10.4 Å². The maximum atomic E-state index is 8.53. The van der Waals surface area contributed by atoms with E-state index in [-0.39, 0.29) is 0 Å². The van der Waals surface area contributed by atoms with Crippen LogP contribution in [0.1, 0.15) is 5.56 Å². The fourth-order valence-corrected chi connectivity index (χ4v) is 1.52. The third-order valence-electron chi connectivity index (χ3n) is 2.06. The lowest BCUT2D eigenvalue weighted by Gasteiger charge is -2.03. The van der Waals surface area contributed by atoms with Crippen LogP contribution < -0.4 is 0 Å². The molecule has 1 heterocycles. The van der Waals surface area contributed by atoms with E-state index in [9.17, 15) is 0 Å². The van der Waals surface area contributed by atoms with Crippen LogP contribution in [0, 0.1) is 11.3 Å². The van der Waals surface area contributed by atoms with E-state index in [1.54, 1.807) is 16.9 Å². The predicted molar refractivity (Wildman–Crippen MR) is 57.9 cm³/mol. The Kier molecular flexibility index (Phi) is 2.70. The minimum Gasteiger partial charge on any atom is -0.222 e. The summed E-state index contributed by atoms with van der Waals surface area (Å²) in [6.45, 7) is 0. The molecule has 0 aliphatic carbocycles. The predicted octanol–water partition coefficient (Wildman–Crippen LogP) is 2.59. The molecule has 0 bridgehead atoms. The fourth-order valence-electron chi connectivity index (χ4n) is 1.32. The van der Waals surface area contributed by atoms with Crippen LogP contribution in [-0.2, 0) is 6.42 Å². The van der Waals surface area contributed by atoms with Crippen molar-refractivity contribution in [3.05, 3.63) is 47.2 Å². The van der Waals surface area contributed by atoms with Gasteiger partial charge in [-0.1, -0.05) is 23.7 Å². The van der Waals surface area contributed by atoms with E-state index in [1.807, 2.05) is 24.3 Å². The molecule has 0 radical (unpaired) electrons. The normalized spacial score (nSPS) is 9.87. The van der Waals surface area contributed by atoms with Gasteiger partial charge < -0.3 is 0 Å². The molecule has 1 aromatic carbocycles. The zero-order valence-electron chi connectivity index (χ0n) is 7.89. The molecule has 0 saturated carbocycles. The minimum absolute atomic E-state index is 0.424. The van der Waals surface area contributed by atoms with Crippen molar-refractivity contribution in [2.75, 3.05) is 0 Å². The quantitative estimate of drug-likeness (QED) is 0.776. The first-order valence-electron chi connectivity index (χ1n) is 4.47. The lowest BCUT2D eigenvalue weighted by Crippen LogP contribution is -1.96. The van der Waals surface area contributed by atoms with Gasteiger partial charge in [0.2, 0.25) is 0 Å². The average molecular weight is 218 g/mol. The van der Waals surface area contributed by atoms with Crippen molar-refractivity contribution >= 4 is 11.6 Å². The van der Waals surface area contributed by atoms with Crippen molar-refractivity contribution in [1.29, 1.82) is 5.26 Å². The van der Waals surface area contributed by atoms with Gasteiger partial charge in [0.05, 0.1) is 24.4 Å². The second kappa shape index (κ2) is 4.16. The molecule has 0 aliphatic rings. The van der Waals surface area contributed by atoms with Crippen molar-refractivity contribution in [1.82, 2.24) is 9.78 Å². The average Bonchev–Trinajstić information content (AvgIpc) is 2.66. The molecular formula is C11H8ClN3. The standard InChI is InChI=1S/C11H8ClN3/c12-11-6-8-14-15(11)10-3-1-9(2-4-10)5-7-13/h1-4,6,8H,5H2. The van der Waals surface area contributed by atoms with E-state index < -0.39 is 0 Å². The zero-order valence-corrected chi connectivity index (χ0v) is 8.65. The van der Waals surface area contributed by atoms with Gasteiger partial charge in [0.1, 0.15) is 5.15 Å². The van der Waals surface area contributed by atoms with E-state index in [0.29, 0.717) is 11.6 Å². The van der Waals surface area contributed by atoms with E-state index in [2.05, 4.69) is 11.2 Å². The highest BCUT2D eigenvalue weighted by Gasteiger charge is 2.01. The SMILES string of the molecule is N#CCc1ccc(-n2nccc2Cl)cc1. The van der Waals surface area contributed by atoms with Crippen molar-refractivity contribution < 1.29 is 0 Å². The number of hydrogen-bond donors (Lipinski definition) is 0. The number of rotatable bonds is 2. The molecule has 0 saturated heterocycles. The maximum Gasteiger partial charge on any atom is 0.132 e. The Morgan fingerprint density at radius 3 is 2.53 bits per heavy atom. The lowest BCUT2D eigenvalue weighted by atomic mass is 10.1. The summed E-state index contributed by atoms with van der Waals surface area (Å²) in [7, 11) is 0. The topological polar surface area (TPSA) is 41.6 Å². The number of nitriles is 1. The van der Waals surface area contributed by atoms with Crippen molar-refractivity contribution in [2.24, 2.45) is 0 Å². The van der Waals surface area contributed by atoms with Crippen LogP contribution in [0.25, 0.3) is 5.69 Å². The van der Waals surface area contributed by atoms with E-state index >= 15 is 0 Å². The molecule has 0 atom stereocenters. The Morgan fingerprint density at radius 2 is 2.00 bits per heavy atom. The molecule has 0 aliphatic heterocycles. The first-order valence-corrected chi connectivity index (χ1v) is 4.85. The highest BCUT2D eigenvalue weighted by Crippen LogP contribution is 2.15. The van der Waals surface area contributed by atoms with Gasteiger partial charge in [-0.15, -0.1) is 0 Å². The molecule has 4 heteroatoms. The van der Waals surface area contributed by atoms with Crippen molar-refractivity contribution in [3.8, 4) is 11.8 Å². The van der Waals surface area contributed by atoms with Gasteiger partial charge in [-0.25, -0.2) is 4.68 Å². The highest BCUT2D eigenvalue weighted by atomic mass is 35.5. The summed E-state index contributed by atoms with van der Waals surface area (Å²) in [5.74, 6) is 0. The van der Waals surface area contributed by atoms with Crippen LogP contribution in [-0.4, -0.2) is 9.78 Å². The molecule has 1 aromatic heterocycles. The van der Waals surface area contributed by atoms with Crippen LogP contribution in [0.3, 0.4) is 0 Å². The molecule has 0 amide bonds. The highest BCUT2D eigenvalue weighted by molar-refractivity contribution is 6.29. The molecule has 0 fully saturated rings. The smallest absolute Gasteiger partial charge is 0.132 e. The van der Waals surface area contributed by atoms with Gasteiger partial charge in [-0.05, 0) is 23.8 Å². The lowest BCUT2D eigenvalue weighted by molar-refractivity contribution is 0.880. The van der Waals surface area contributed by atoms with Gasteiger partial charge in [0.25, 0.3) is 0 Å². The zero-order chi connectivity index (χ0) is 10.7. The third kappa shape index (κ3) is 2.00. The molecule has 3 nitrogen and oxygen atoms in total. The largest absolute Gasteiger partial charge is 0.222 e. The van der Waals surface area contributed by atoms with Crippen LogP contribution in [0.2, 0.25) is 5.15 Å². The number of halogens is 1. The minimum atomic E-state index is 0.424. The number of benzene rings is 1. The summed E-state index contributed by atoms with van der Waals surface area (Å²) in [5, 5.41) is 13.2. The summed E-state index contributed by atoms with van der Waals surface area (Å²) in [6, 6.07) is 11.4. The van der Waals surface area contributed by atoms with Crippen molar-refractivity contribution in [3.63, 3.8) is 0 Å². The Hall–Kier alpha value is -1.79. The van der Waals surface area contributed by atoms with Gasteiger partial charge in [0.15, 0.2) is 0 Å². The summed E-state index contributed by atoms with van der Waals surface area (Å²) >= 11 is 5.92. The number of hydrogen-bond acceptors (Lipinski definition) is 2. The third-order valence-corrected chi connectivity index (χ3v) is 2.35. The van der Waals surface area contributed by atoms with Gasteiger partial charge in [-0.3, -0.25) is 0 Å². The molecule has 15 heavy (non-hydrogen) atoms. The second-order valence-corrected chi connectivity index (χ2v) is 3.45. The van der Waals surface area contributed by atoms with E-state index in [1.165, 1.54) is 0 Å². The van der Waals surface area contributed by atoms with Crippen LogP contribution in [0.5, 0.6) is 0 Å². The Morgan fingerprint density at radius 1 is 1.27 bits per heavy atom. The summed E-state index contributed by atoms with van der Waals surface area (Å²) < 4.78 is 1.64. The maximum absolute atomic E-state index is 8.53. The van der Waals surface area contributed by atoms with Gasteiger partial charge >= 0.3 is 0 Å². The summed E-state index contributed by atoms with van der Waals surface area (Å²) in [4.78, 5) is 0. The number of nitrogens with zero attached hydrogens (tertiary/aromatic N) is 3. The first kappa shape index (κ1) is 9.75. The summed E-state index contributed by atoms with van der Waals surface area (Å²) in [6.07, 6.45) is 2.07. The monoisotopic (exact) mass is 217 g/mol. The molecule has 2 aromatic rings. The van der Waals surface area contributed by atoms with Crippen LogP contribution >= 0.6 is 11.6 Å². The Balaban J connectivity index is 2.33. The first-order chi connectivity index (χ1) is 7.31. The van der Waals surface area contributed by atoms with E-state index in [0.717, 1.165) is 11.3 Å². The Bertz CT molecular complexity index is 493. The molecule has 0 spiro atoms. The van der Waals surface area contributed by atoms with Crippen molar-refractivity contribution in [2.45, 2.75) is 6.42 Å². The second-order valence-electron chi connectivity index (χ2n) is 3.07. The van der Waals surface area contributed by atoms with Crippen LogP contribution in [0.4, 0.5) is 0 Å². The molecule has 0 N–H and O–H groups in total.